The Hall–Kier alpha value is -2.68. The van der Waals surface area contributed by atoms with Crippen molar-refractivity contribution in [3.05, 3.63) is 34.3 Å². The number of hydrogen-bond donors (Lipinski definition) is 1. The van der Waals surface area contributed by atoms with E-state index in [9.17, 15) is 9.59 Å². The van der Waals surface area contributed by atoms with Gasteiger partial charge in [0.05, 0.1) is 26.3 Å². The number of ether oxygens (including phenoxy) is 2. The second kappa shape index (κ2) is 9.69. The molecule has 0 bridgehead atoms. The van der Waals surface area contributed by atoms with Gasteiger partial charge >= 0.3 is 0 Å². The predicted octanol–water partition coefficient (Wildman–Crippen LogP) is 2.07. The summed E-state index contributed by atoms with van der Waals surface area (Å²) in [6, 6.07) is 5.48. The Morgan fingerprint density at radius 1 is 1.21 bits per heavy atom. The standard InChI is InChI=1S/C20H26N4O4S/c1-13-19(29-23-22-13)20(26)24-8-6-14(7-9-24)12-21-18(25)11-15-4-5-16(27-2)17(10-15)28-3/h4-5,10,14H,6-9,11-12H2,1-3H3,(H,21,25). The molecule has 1 aromatic carbocycles. The van der Waals surface area contributed by atoms with Crippen molar-refractivity contribution in [1.29, 1.82) is 0 Å². The molecular formula is C20H26N4O4S. The zero-order valence-electron chi connectivity index (χ0n) is 16.9. The van der Waals surface area contributed by atoms with Crippen LogP contribution in [0.5, 0.6) is 11.5 Å². The van der Waals surface area contributed by atoms with E-state index in [2.05, 4.69) is 14.9 Å². The summed E-state index contributed by atoms with van der Waals surface area (Å²) in [5.74, 6) is 1.60. The van der Waals surface area contributed by atoms with E-state index in [0.29, 0.717) is 47.6 Å². The molecule has 8 nitrogen and oxygen atoms in total. The first kappa shape index (κ1) is 21.0. The second-order valence-electron chi connectivity index (χ2n) is 7.09. The highest BCUT2D eigenvalue weighted by molar-refractivity contribution is 7.07. The van der Waals surface area contributed by atoms with Gasteiger partial charge in [0.15, 0.2) is 11.5 Å². The van der Waals surface area contributed by atoms with Gasteiger partial charge < -0.3 is 19.7 Å². The summed E-state index contributed by atoms with van der Waals surface area (Å²) in [4.78, 5) is 27.3. The van der Waals surface area contributed by atoms with Crippen molar-refractivity contribution in [3.8, 4) is 11.5 Å². The van der Waals surface area contributed by atoms with E-state index in [-0.39, 0.29) is 18.2 Å². The van der Waals surface area contributed by atoms with Gasteiger partial charge in [-0.05, 0) is 54.9 Å². The predicted molar refractivity (Wildman–Crippen MR) is 110 cm³/mol. The highest BCUT2D eigenvalue weighted by atomic mass is 32.1. The van der Waals surface area contributed by atoms with E-state index in [1.54, 1.807) is 27.2 Å². The second-order valence-corrected chi connectivity index (χ2v) is 7.85. The lowest BCUT2D eigenvalue weighted by Crippen LogP contribution is -2.41. The molecule has 3 rings (SSSR count). The number of aromatic nitrogens is 2. The number of hydrogen-bond acceptors (Lipinski definition) is 7. The average molecular weight is 419 g/mol. The normalized spacial score (nSPS) is 14.5. The molecule has 156 valence electrons. The van der Waals surface area contributed by atoms with Gasteiger partial charge in [-0.1, -0.05) is 10.6 Å². The van der Waals surface area contributed by atoms with Gasteiger partial charge in [-0.15, -0.1) is 5.10 Å². The van der Waals surface area contributed by atoms with Crippen LogP contribution in [0.1, 0.15) is 33.8 Å². The summed E-state index contributed by atoms with van der Waals surface area (Å²) in [5, 5.41) is 6.93. The smallest absolute Gasteiger partial charge is 0.267 e. The molecule has 9 heteroatoms. The Balaban J connectivity index is 1.44. The van der Waals surface area contributed by atoms with Gasteiger partial charge in [-0.3, -0.25) is 9.59 Å². The molecule has 1 fully saturated rings. The monoisotopic (exact) mass is 418 g/mol. The molecule has 29 heavy (non-hydrogen) atoms. The first-order valence-electron chi connectivity index (χ1n) is 9.57. The van der Waals surface area contributed by atoms with Crippen molar-refractivity contribution in [1.82, 2.24) is 19.8 Å². The number of likely N-dealkylation sites (tertiary alicyclic amines) is 1. The maximum absolute atomic E-state index is 12.5. The molecule has 0 aliphatic carbocycles. The van der Waals surface area contributed by atoms with Crippen LogP contribution >= 0.6 is 11.5 Å². The Morgan fingerprint density at radius 3 is 2.55 bits per heavy atom. The highest BCUT2D eigenvalue weighted by Crippen LogP contribution is 2.27. The van der Waals surface area contributed by atoms with E-state index in [1.165, 1.54) is 0 Å². The topological polar surface area (TPSA) is 93.7 Å². The summed E-state index contributed by atoms with van der Waals surface area (Å²) in [7, 11) is 3.16. The fourth-order valence-corrected chi connectivity index (χ4v) is 4.03. The van der Waals surface area contributed by atoms with Crippen molar-refractivity contribution >= 4 is 23.3 Å². The molecule has 0 unspecified atom stereocenters. The number of carbonyl (C=O) groups excluding carboxylic acids is 2. The summed E-state index contributed by atoms with van der Waals surface area (Å²) in [6.45, 7) is 3.80. The molecule has 2 heterocycles. The number of methoxy groups -OCH3 is 2. The summed E-state index contributed by atoms with van der Waals surface area (Å²) < 4.78 is 14.3. The quantitative estimate of drug-likeness (QED) is 0.740. The molecule has 0 saturated carbocycles. The lowest BCUT2D eigenvalue weighted by molar-refractivity contribution is -0.120. The fraction of sp³-hybridized carbons (Fsp3) is 0.500. The molecular weight excluding hydrogens is 392 g/mol. The number of piperidine rings is 1. The summed E-state index contributed by atoms with van der Waals surface area (Å²) in [6.07, 6.45) is 2.02. The lowest BCUT2D eigenvalue weighted by Gasteiger charge is -2.31. The van der Waals surface area contributed by atoms with Crippen molar-refractivity contribution in [2.45, 2.75) is 26.2 Å². The van der Waals surface area contributed by atoms with Gasteiger partial charge in [0.1, 0.15) is 4.88 Å². The molecule has 0 atom stereocenters. The van der Waals surface area contributed by atoms with E-state index >= 15 is 0 Å². The van der Waals surface area contributed by atoms with E-state index in [0.717, 1.165) is 29.9 Å². The molecule has 0 spiro atoms. The van der Waals surface area contributed by atoms with Gasteiger partial charge in [0.2, 0.25) is 5.91 Å². The fourth-order valence-electron chi connectivity index (χ4n) is 3.41. The molecule has 2 amide bonds. The van der Waals surface area contributed by atoms with Crippen LogP contribution in [0.25, 0.3) is 0 Å². The van der Waals surface area contributed by atoms with E-state index in [1.807, 2.05) is 17.0 Å². The first-order chi connectivity index (χ1) is 14.0. The molecule has 0 radical (unpaired) electrons. The Morgan fingerprint density at radius 2 is 1.93 bits per heavy atom. The number of carbonyl (C=O) groups is 2. The number of rotatable bonds is 7. The number of benzene rings is 1. The van der Waals surface area contributed by atoms with E-state index < -0.39 is 0 Å². The van der Waals surface area contributed by atoms with Crippen LogP contribution in [0.4, 0.5) is 0 Å². The maximum Gasteiger partial charge on any atom is 0.267 e. The van der Waals surface area contributed by atoms with Crippen LogP contribution in [-0.2, 0) is 11.2 Å². The van der Waals surface area contributed by atoms with Crippen LogP contribution in [0, 0.1) is 12.8 Å². The Labute approximate surface area is 174 Å². The largest absolute Gasteiger partial charge is 0.493 e. The van der Waals surface area contributed by atoms with Crippen molar-refractivity contribution in [2.24, 2.45) is 5.92 Å². The van der Waals surface area contributed by atoms with Crippen LogP contribution < -0.4 is 14.8 Å². The highest BCUT2D eigenvalue weighted by Gasteiger charge is 2.26. The van der Waals surface area contributed by atoms with Crippen molar-refractivity contribution in [3.63, 3.8) is 0 Å². The van der Waals surface area contributed by atoms with E-state index in [4.69, 9.17) is 9.47 Å². The molecule has 1 saturated heterocycles. The lowest BCUT2D eigenvalue weighted by atomic mass is 9.96. The Bertz CT molecular complexity index is 862. The van der Waals surface area contributed by atoms with Crippen LogP contribution in [0.15, 0.2) is 18.2 Å². The van der Waals surface area contributed by atoms with Gasteiger partial charge in [-0.2, -0.15) is 0 Å². The minimum atomic E-state index is -0.0258. The molecule has 1 N–H and O–H groups in total. The maximum atomic E-state index is 12.5. The third kappa shape index (κ3) is 5.23. The minimum absolute atomic E-state index is 0.00781. The minimum Gasteiger partial charge on any atom is -0.493 e. The third-order valence-corrected chi connectivity index (χ3v) is 5.96. The first-order valence-corrected chi connectivity index (χ1v) is 10.3. The van der Waals surface area contributed by atoms with Gasteiger partial charge in [0.25, 0.3) is 5.91 Å². The third-order valence-electron chi connectivity index (χ3n) is 5.15. The van der Waals surface area contributed by atoms with Crippen LogP contribution in [0.2, 0.25) is 0 Å². The number of amides is 2. The van der Waals surface area contributed by atoms with Crippen molar-refractivity contribution < 1.29 is 19.1 Å². The Kier molecular flexibility index (Phi) is 7.03. The zero-order valence-corrected chi connectivity index (χ0v) is 17.8. The molecule has 1 aliphatic rings. The van der Waals surface area contributed by atoms with Gasteiger partial charge in [0, 0.05) is 19.6 Å². The van der Waals surface area contributed by atoms with Crippen LogP contribution in [0.3, 0.4) is 0 Å². The number of nitrogens with one attached hydrogen (secondary N) is 1. The molecule has 1 aliphatic heterocycles. The summed E-state index contributed by atoms with van der Waals surface area (Å²) in [5.41, 5.74) is 1.55. The molecule has 1 aromatic heterocycles. The number of nitrogens with zero attached hydrogens (tertiary/aromatic N) is 3. The van der Waals surface area contributed by atoms with Gasteiger partial charge in [-0.25, -0.2) is 0 Å². The SMILES string of the molecule is COc1ccc(CC(=O)NCC2CCN(C(=O)c3snnc3C)CC2)cc1OC. The van der Waals surface area contributed by atoms with Crippen LogP contribution in [-0.4, -0.2) is 60.2 Å². The summed E-state index contributed by atoms with van der Waals surface area (Å²) >= 11 is 1.15. The zero-order chi connectivity index (χ0) is 20.8. The average Bonchev–Trinajstić information content (AvgIpc) is 3.17. The molecule has 2 aromatic rings. The number of aryl methyl sites for hydroxylation is 1. The van der Waals surface area contributed by atoms with Crippen molar-refractivity contribution in [2.75, 3.05) is 33.9 Å².